The van der Waals surface area contributed by atoms with Gasteiger partial charge in [-0.3, -0.25) is 9.59 Å². The molecule has 19 heavy (non-hydrogen) atoms. The maximum Gasteiger partial charge on any atom is 0.336 e. The minimum Gasteiger partial charge on any atom is -0.478 e. The molecule has 0 heterocycles. The first-order valence-corrected chi connectivity index (χ1v) is 5.08. The summed E-state index contributed by atoms with van der Waals surface area (Å²) in [4.78, 5) is 33.4. The van der Waals surface area contributed by atoms with E-state index in [1.165, 1.54) is 7.05 Å². The Labute approximate surface area is 106 Å². The van der Waals surface area contributed by atoms with Crippen LogP contribution in [0, 0.1) is 11.6 Å². The predicted octanol–water partition coefficient (Wildman–Crippen LogP) is 0.139. The highest BCUT2D eigenvalue weighted by Crippen LogP contribution is 2.15. The van der Waals surface area contributed by atoms with Crippen molar-refractivity contribution in [2.45, 2.75) is 0 Å². The second-order valence-electron chi connectivity index (χ2n) is 3.47. The van der Waals surface area contributed by atoms with Crippen molar-refractivity contribution < 1.29 is 28.3 Å². The van der Waals surface area contributed by atoms with Crippen LogP contribution in [-0.4, -0.2) is 36.5 Å². The molecule has 1 rings (SSSR count). The first-order chi connectivity index (χ1) is 8.86. The lowest BCUT2D eigenvalue weighted by Crippen LogP contribution is -2.35. The molecular formula is C11H10F2N2O4. The van der Waals surface area contributed by atoms with E-state index in [2.05, 4.69) is 10.6 Å². The molecule has 0 unspecified atom stereocenters. The van der Waals surface area contributed by atoms with Crippen molar-refractivity contribution >= 4 is 17.8 Å². The number of halogens is 2. The summed E-state index contributed by atoms with van der Waals surface area (Å²) in [6, 6.07) is 0.879. The number of carboxylic acid groups (broad SMARTS) is 1. The Morgan fingerprint density at radius 2 is 1.68 bits per heavy atom. The lowest BCUT2D eigenvalue weighted by atomic mass is 10.1. The summed E-state index contributed by atoms with van der Waals surface area (Å²) in [5.74, 6) is -5.81. The van der Waals surface area contributed by atoms with Crippen molar-refractivity contribution in [3.8, 4) is 0 Å². The minimum absolute atomic E-state index is 0.409. The zero-order valence-corrected chi connectivity index (χ0v) is 9.79. The smallest absolute Gasteiger partial charge is 0.336 e. The molecule has 6 nitrogen and oxygen atoms in total. The van der Waals surface area contributed by atoms with Crippen molar-refractivity contribution in [1.82, 2.24) is 10.6 Å². The number of hydrogen-bond acceptors (Lipinski definition) is 3. The SMILES string of the molecule is CNC(=O)CNC(=O)c1cc(F)c(F)cc1C(=O)O. The molecule has 0 aliphatic carbocycles. The summed E-state index contributed by atoms with van der Waals surface area (Å²) < 4.78 is 25.9. The Kier molecular flexibility index (Phi) is 4.51. The Bertz CT molecular complexity index is 546. The standard InChI is InChI=1S/C11H10F2N2O4/c1-14-9(16)4-15-10(17)5-2-7(12)8(13)3-6(5)11(18)19/h2-3H,4H2,1H3,(H,14,16)(H,15,17)(H,18,19). The van der Waals surface area contributed by atoms with Crippen LogP contribution in [-0.2, 0) is 4.79 Å². The molecule has 0 atom stereocenters. The number of aromatic carboxylic acids is 1. The van der Waals surface area contributed by atoms with Crippen molar-refractivity contribution in [2.75, 3.05) is 13.6 Å². The first-order valence-electron chi connectivity index (χ1n) is 5.08. The number of amides is 2. The normalized spacial score (nSPS) is 9.84. The molecule has 3 N–H and O–H groups in total. The van der Waals surface area contributed by atoms with Gasteiger partial charge in [0.25, 0.3) is 5.91 Å². The minimum atomic E-state index is -1.58. The van der Waals surface area contributed by atoms with Gasteiger partial charge in [-0.15, -0.1) is 0 Å². The van der Waals surface area contributed by atoms with Gasteiger partial charge in [0.1, 0.15) is 0 Å². The fourth-order valence-electron chi connectivity index (χ4n) is 1.26. The fourth-order valence-corrected chi connectivity index (χ4v) is 1.26. The highest BCUT2D eigenvalue weighted by Gasteiger charge is 2.20. The van der Waals surface area contributed by atoms with E-state index in [1.54, 1.807) is 0 Å². The van der Waals surface area contributed by atoms with Crippen LogP contribution in [0.5, 0.6) is 0 Å². The van der Waals surface area contributed by atoms with Gasteiger partial charge in [-0.1, -0.05) is 0 Å². The van der Waals surface area contributed by atoms with Crippen molar-refractivity contribution in [3.63, 3.8) is 0 Å². The monoisotopic (exact) mass is 272 g/mol. The van der Waals surface area contributed by atoms with Gasteiger partial charge in [0.2, 0.25) is 5.91 Å². The largest absolute Gasteiger partial charge is 0.478 e. The van der Waals surface area contributed by atoms with Crippen LogP contribution in [0.1, 0.15) is 20.7 Å². The van der Waals surface area contributed by atoms with E-state index in [4.69, 9.17) is 5.11 Å². The molecule has 102 valence electrons. The van der Waals surface area contributed by atoms with Crippen molar-refractivity contribution in [1.29, 1.82) is 0 Å². The van der Waals surface area contributed by atoms with Gasteiger partial charge < -0.3 is 15.7 Å². The molecule has 0 saturated carbocycles. The van der Waals surface area contributed by atoms with Gasteiger partial charge in [-0.05, 0) is 12.1 Å². The van der Waals surface area contributed by atoms with E-state index in [9.17, 15) is 23.2 Å². The molecule has 0 bridgehead atoms. The van der Waals surface area contributed by atoms with Crippen LogP contribution in [0.2, 0.25) is 0 Å². The van der Waals surface area contributed by atoms with Crippen LogP contribution >= 0.6 is 0 Å². The predicted molar refractivity (Wildman–Crippen MR) is 59.7 cm³/mol. The topological polar surface area (TPSA) is 95.5 Å². The molecule has 1 aromatic rings. The van der Waals surface area contributed by atoms with Gasteiger partial charge >= 0.3 is 5.97 Å². The first kappa shape index (κ1) is 14.6. The third-order valence-corrected chi connectivity index (χ3v) is 2.22. The molecule has 1 aromatic carbocycles. The number of carboxylic acids is 1. The molecule has 0 fully saturated rings. The van der Waals surface area contributed by atoms with E-state index < -0.39 is 47.1 Å². The van der Waals surface area contributed by atoms with Gasteiger partial charge in [0, 0.05) is 7.05 Å². The Hall–Kier alpha value is -2.51. The number of carbonyl (C=O) groups excluding carboxylic acids is 2. The quantitative estimate of drug-likeness (QED) is 0.726. The number of carbonyl (C=O) groups is 3. The fraction of sp³-hybridized carbons (Fsp3) is 0.182. The van der Waals surface area contributed by atoms with E-state index in [0.29, 0.717) is 12.1 Å². The maximum absolute atomic E-state index is 13.0. The number of hydrogen-bond donors (Lipinski definition) is 3. The molecule has 0 spiro atoms. The van der Waals surface area contributed by atoms with Gasteiger partial charge in [0.05, 0.1) is 17.7 Å². The summed E-state index contributed by atoms with van der Waals surface area (Å²) in [7, 11) is 1.34. The highest BCUT2D eigenvalue weighted by molar-refractivity contribution is 6.05. The second-order valence-corrected chi connectivity index (χ2v) is 3.47. The Morgan fingerprint density at radius 3 is 2.16 bits per heavy atom. The summed E-state index contributed by atoms with van der Waals surface area (Å²) in [6.45, 7) is -0.409. The molecule has 0 radical (unpaired) electrons. The average Bonchev–Trinajstić information content (AvgIpc) is 2.37. The van der Waals surface area contributed by atoms with Crippen molar-refractivity contribution in [3.05, 3.63) is 34.9 Å². The van der Waals surface area contributed by atoms with Crippen molar-refractivity contribution in [2.24, 2.45) is 0 Å². The van der Waals surface area contributed by atoms with Crippen LogP contribution in [0.4, 0.5) is 8.78 Å². The van der Waals surface area contributed by atoms with E-state index in [-0.39, 0.29) is 0 Å². The van der Waals surface area contributed by atoms with Crippen LogP contribution in [0.25, 0.3) is 0 Å². The zero-order valence-electron chi connectivity index (χ0n) is 9.79. The number of benzene rings is 1. The molecule has 0 aliphatic heterocycles. The van der Waals surface area contributed by atoms with Crippen LogP contribution in [0.3, 0.4) is 0 Å². The highest BCUT2D eigenvalue weighted by atomic mass is 19.2. The van der Waals surface area contributed by atoms with Gasteiger partial charge in [-0.2, -0.15) is 0 Å². The van der Waals surface area contributed by atoms with E-state index in [0.717, 1.165) is 0 Å². The summed E-state index contributed by atoms with van der Waals surface area (Å²) >= 11 is 0. The van der Waals surface area contributed by atoms with E-state index in [1.807, 2.05) is 0 Å². The molecule has 0 saturated heterocycles. The van der Waals surface area contributed by atoms with Gasteiger partial charge in [0.15, 0.2) is 11.6 Å². The zero-order chi connectivity index (χ0) is 14.6. The molecule has 0 aromatic heterocycles. The summed E-state index contributed by atoms with van der Waals surface area (Å²) in [5.41, 5.74) is -1.25. The summed E-state index contributed by atoms with van der Waals surface area (Å²) in [5, 5.41) is 13.1. The lowest BCUT2D eigenvalue weighted by molar-refractivity contribution is -0.119. The second kappa shape index (κ2) is 5.89. The molecule has 8 heteroatoms. The Morgan fingerprint density at radius 1 is 1.16 bits per heavy atom. The lowest BCUT2D eigenvalue weighted by Gasteiger charge is -2.08. The Balaban J connectivity index is 3.04. The number of likely N-dealkylation sites (N-methyl/N-ethyl adjacent to an activating group) is 1. The molecule has 2 amide bonds. The number of nitrogens with one attached hydrogen (secondary N) is 2. The van der Waals surface area contributed by atoms with Crippen LogP contribution in [0.15, 0.2) is 12.1 Å². The molecular weight excluding hydrogens is 262 g/mol. The third-order valence-electron chi connectivity index (χ3n) is 2.22. The number of rotatable bonds is 4. The third kappa shape index (κ3) is 3.47. The van der Waals surface area contributed by atoms with E-state index >= 15 is 0 Å². The summed E-state index contributed by atoms with van der Waals surface area (Å²) in [6.07, 6.45) is 0. The average molecular weight is 272 g/mol. The van der Waals surface area contributed by atoms with Crippen LogP contribution < -0.4 is 10.6 Å². The molecule has 0 aliphatic rings. The van der Waals surface area contributed by atoms with Gasteiger partial charge in [-0.25, -0.2) is 13.6 Å². The maximum atomic E-state index is 13.0.